The molecule has 6 heteroatoms. The highest BCUT2D eigenvalue weighted by atomic mass is 32.1. The van der Waals surface area contributed by atoms with Crippen LogP contribution >= 0.6 is 11.3 Å². The fourth-order valence-corrected chi connectivity index (χ4v) is 3.26. The van der Waals surface area contributed by atoms with Crippen LogP contribution in [0.2, 0.25) is 0 Å². The van der Waals surface area contributed by atoms with E-state index in [1.54, 1.807) is 36.4 Å². The third-order valence-corrected chi connectivity index (χ3v) is 4.76. The van der Waals surface area contributed by atoms with E-state index in [9.17, 15) is 14.0 Å². The average molecular weight is 354 g/mol. The molecule has 0 saturated heterocycles. The molecular formula is C19H15FN2O2S. The second-order valence-electron chi connectivity index (χ2n) is 5.42. The molecule has 0 atom stereocenters. The molecule has 3 rings (SSSR count). The van der Waals surface area contributed by atoms with Crippen molar-refractivity contribution < 1.29 is 14.0 Å². The number of thiophene rings is 1. The molecule has 4 nitrogen and oxygen atoms in total. The van der Waals surface area contributed by atoms with Crippen molar-refractivity contribution in [2.24, 2.45) is 5.73 Å². The number of nitrogens with one attached hydrogen (secondary N) is 1. The van der Waals surface area contributed by atoms with Gasteiger partial charge in [0.2, 0.25) is 5.91 Å². The van der Waals surface area contributed by atoms with Crippen LogP contribution in [0.1, 0.15) is 25.6 Å². The van der Waals surface area contributed by atoms with Crippen molar-refractivity contribution in [1.29, 1.82) is 0 Å². The Balaban J connectivity index is 1.67. The van der Waals surface area contributed by atoms with E-state index >= 15 is 0 Å². The molecule has 3 aromatic rings. The minimum Gasteiger partial charge on any atom is -0.366 e. The van der Waals surface area contributed by atoms with Gasteiger partial charge in [0, 0.05) is 17.0 Å². The monoisotopic (exact) mass is 354 g/mol. The topological polar surface area (TPSA) is 72.2 Å². The predicted octanol–water partition coefficient (Wildman–Crippen LogP) is 3.58. The number of benzene rings is 2. The van der Waals surface area contributed by atoms with Crippen molar-refractivity contribution in [3.63, 3.8) is 0 Å². The lowest BCUT2D eigenvalue weighted by molar-refractivity contribution is 0.0954. The van der Waals surface area contributed by atoms with E-state index in [0.717, 1.165) is 16.0 Å². The molecule has 0 aliphatic heterocycles. The largest absolute Gasteiger partial charge is 0.366 e. The summed E-state index contributed by atoms with van der Waals surface area (Å²) in [6.07, 6.45) is 0. The number of rotatable bonds is 5. The maximum absolute atomic E-state index is 13.0. The van der Waals surface area contributed by atoms with Crippen molar-refractivity contribution in [3.05, 3.63) is 82.5 Å². The number of hydrogen-bond acceptors (Lipinski definition) is 3. The van der Waals surface area contributed by atoms with Crippen molar-refractivity contribution in [2.75, 3.05) is 0 Å². The van der Waals surface area contributed by atoms with E-state index in [1.165, 1.54) is 23.5 Å². The summed E-state index contributed by atoms with van der Waals surface area (Å²) in [7, 11) is 0. The standard InChI is InChI=1S/C19H15FN2O2S/c20-15-6-4-13(5-7-15)16-8-9-17(25-16)19(24)22-11-12-2-1-3-14(10-12)18(21)23/h1-10H,11H2,(H2,21,23)(H,22,24). The SMILES string of the molecule is NC(=O)c1cccc(CNC(=O)c2ccc(-c3ccc(F)cc3)s2)c1. The van der Waals surface area contributed by atoms with Gasteiger partial charge in [-0.05, 0) is 47.5 Å². The first-order valence-corrected chi connectivity index (χ1v) is 8.37. The maximum atomic E-state index is 13.0. The Morgan fingerprint density at radius 2 is 1.80 bits per heavy atom. The van der Waals surface area contributed by atoms with E-state index in [0.29, 0.717) is 17.0 Å². The average Bonchev–Trinajstić information content (AvgIpc) is 3.10. The Morgan fingerprint density at radius 3 is 2.52 bits per heavy atom. The normalized spacial score (nSPS) is 10.4. The summed E-state index contributed by atoms with van der Waals surface area (Å²) in [5.41, 5.74) is 7.31. The zero-order valence-corrected chi connectivity index (χ0v) is 14.0. The Hall–Kier alpha value is -2.99. The van der Waals surface area contributed by atoms with Gasteiger partial charge in [0.1, 0.15) is 5.82 Å². The molecule has 0 spiro atoms. The van der Waals surface area contributed by atoms with Crippen LogP contribution in [-0.4, -0.2) is 11.8 Å². The van der Waals surface area contributed by atoms with Gasteiger partial charge in [-0.15, -0.1) is 11.3 Å². The maximum Gasteiger partial charge on any atom is 0.261 e. The van der Waals surface area contributed by atoms with Gasteiger partial charge in [0.25, 0.3) is 5.91 Å². The minimum absolute atomic E-state index is 0.206. The summed E-state index contributed by atoms with van der Waals surface area (Å²) >= 11 is 1.33. The van der Waals surface area contributed by atoms with Crippen LogP contribution < -0.4 is 11.1 Å². The Bertz CT molecular complexity index is 919. The van der Waals surface area contributed by atoms with E-state index in [2.05, 4.69) is 5.32 Å². The molecule has 0 unspecified atom stereocenters. The van der Waals surface area contributed by atoms with Gasteiger partial charge in [-0.3, -0.25) is 9.59 Å². The molecule has 3 N–H and O–H groups in total. The summed E-state index contributed by atoms with van der Waals surface area (Å²) in [5.74, 6) is -1.00. The molecule has 0 radical (unpaired) electrons. The molecule has 0 bridgehead atoms. The molecular weight excluding hydrogens is 339 g/mol. The number of carbonyl (C=O) groups is 2. The van der Waals surface area contributed by atoms with Gasteiger partial charge >= 0.3 is 0 Å². The molecule has 0 fully saturated rings. The zero-order chi connectivity index (χ0) is 17.8. The van der Waals surface area contributed by atoms with E-state index in [1.807, 2.05) is 12.1 Å². The number of carbonyl (C=O) groups excluding carboxylic acids is 2. The van der Waals surface area contributed by atoms with Gasteiger partial charge in [0.15, 0.2) is 0 Å². The summed E-state index contributed by atoms with van der Waals surface area (Å²) in [6, 6.07) is 16.5. The molecule has 126 valence electrons. The van der Waals surface area contributed by atoms with Crippen LogP contribution in [0.5, 0.6) is 0 Å². The van der Waals surface area contributed by atoms with E-state index in [-0.39, 0.29) is 11.7 Å². The minimum atomic E-state index is -0.504. The molecule has 2 aromatic carbocycles. The molecule has 1 aromatic heterocycles. The Labute approximate surface area is 148 Å². The van der Waals surface area contributed by atoms with Gasteiger partial charge in [-0.2, -0.15) is 0 Å². The first-order chi connectivity index (χ1) is 12.0. The number of amides is 2. The zero-order valence-electron chi connectivity index (χ0n) is 13.2. The highest BCUT2D eigenvalue weighted by molar-refractivity contribution is 7.17. The van der Waals surface area contributed by atoms with Gasteiger partial charge in [-0.25, -0.2) is 4.39 Å². The summed E-state index contributed by atoms with van der Waals surface area (Å²) in [6.45, 7) is 0.295. The Kier molecular flexibility index (Phi) is 4.90. The van der Waals surface area contributed by atoms with Crippen molar-refractivity contribution in [3.8, 4) is 10.4 Å². The van der Waals surface area contributed by atoms with E-state index in [4.69, 9.17) is 5.73 Å². The molecule has 0 saturated carbocycles. The van der Waals surface area contributed by atoms with Crippen molar-refractivity contribution in [2.45, 2.75) is 6.54 Å². The number of halogens is 1. The fourth-order valence-electron chi connectivity index (χ4n) is 2.33. The summed E-state index contributed by atoms with van der Waals surface area (Å²) < 4.78 is 13.0. The van der Waals surface area contributed by atoms with Crippen LogP contribution in [0, 0.1) is 5.82 Å². The van der Waals surface area contributed by atoms with Gasteiger partial charge in [-0.1, -0.05) is 24.3 Å². The first kappa shape index (κ1) is 16.9. The lowest BCUT2D eigenvalue weighted by atomic mass is 10.1. The second kappa shape index (κ2) is 7.27. The highest BCUT2D eigenvalue weighted by Gasteiger charge is 2.10. The molecule has 0 aliphatic rings. The molecule has 1 heterocycles. The van der Waals surface area contributed by atoms with Crippen LogP contribution in [0.25, 0.3) is 10.4 Å². The molecule has 2 amide bonds. The van der Waals surface area contributed by atoms with Crippen LogP contribution in [0.15, 0.2) is 60.7 Å². The third-order valence-electron chi connectivity index (χ3n) is 3.62. The Morgan fingerprint density at radius 1 is 1.04 bits per heavy atom. The van der Waals surface area contributed by atoms with Crippen molar-refractivity contribution in [1.82, 2.24) is 5.32 Å². The van der Waals surface area contributed by atoms with Crippen LogP contribution in [-0.2, 0) is 6.54 Å². The lowest BCUT2D eigenvalue weighted by Gasteiger charge is -2.05. The number of hydrogen-bond donors (Lipinski definition) is 2. The van der Waals surface area contributed by atoms with E-state index < -0.39 is 5.91 Å². The summed E-state index contributed by atoms with van der Waals surface area (Å²) in [4.78, 5) is 24.9. The van der Waals surface area contributed by atoms with Crippen LogP contribution in [0.4, 0.5) is 4.39 Å². The smallest absolute Gasteiger partial charge is 0.261 e. The highest BCUT2D eigenvalue weighted by Crippen LogP contribution is 2.28. The summed E-state index contributed by atoms with van der Waals surface area (Å²) in [5, 5.41) is 2.81. The molecule has 25 heavy (non-hydrogen) atoms. The molecule has 0 aliphatic carbocycles. The number of primary amides is 1. The second-order valence-corrected chi connectivity index (χ2v) is 6.50. The van der Waals surface area contributed by atoms with Crippen molar-refractivity contribution >= 4 is 23.2 Å². The third kappa shape index (κ3) is 4.10. The van der Waals surface area contributed by atoms with Gasteiger partial charge < -0.3 is 11.1 Å². The predicted molar refractivity (Wildman–Crippen MR) is 95.8 cm³/mol. The van der Waals surface area contributed by atoms with Gasteiger partial charge in [0.05, 0.1) is 4.88 Å². The lowest BCUT2D eigenvalue weighted by Crippen LogP contribution is -2.22. The first-order valence-electron chi connectivity index (χ1n) is 7.55. The van der Waals surface area contributed by atoms with Crippen LogP contribution in [0.3, 0.4) is 0 Å². The number of nitrogens with two attached hydrogens (primary N) is 1. The fraction of sp³-hybridized carbons (Fsp3) is 0.0526. The quantitative estimate of drug-likeness (QED) is 0.735.